The molecule has 0 aliphatic heterocycles. The summed E-state index contributed by atoms with van der Waals surface area (Å²) in [5, 5.41) is 2.78. The number of ether oxygens (including phenoxy) is 1. The number of aromatic nitrogens is 1. The number of carbonyl (C=O) groups is 1. The first kappa shape index (κ1) is 24.1. The van der Waals surface area contributed by atoms with E-state index >= 15 is 0 Å². The van der Waals surface area contributed by atoms with Crippen molar-refractivity contribution in [3.8, 4) is 11.6 Å². The second kappa shape index (κ2) is 11.7. The summed E-state index contributed by atoms with van der Waals surface area (Å²) >= 11 is 0. The lowest BCUT2D eigenvalue weighted by molar-refractivity contribution is -0.122. The van der Waals surface area contributed by atoms with Crippen molar-refractivity contribution in [1.82, 2.24) is 10.3 Å². The van der Waals surface area contributed by atoms with E-state index in [1.165, 1.54) is 12.1 Å². The first-order chi connectivity index (χ1) is 11.5. The molecule has 1 aromatic heterocycles. The van der Waals surface area contributed by atoms with Crippen LogP contribution in [0.4, 0.5) is 4.39 Å². The van der Waals surface area contributed by atoms with Crippen molar-refractivity contribution < 1.29 is 13.9 Å². The summed E-state index contributed by atoms with van der Waals surface area (Å²) < 4.78 is 18.9. The van der Waals surface area contributed by atoms with E-state index in [0.29, 0.717) is 29.5 Å². The van der Waals surface area contributed by atoms with Crippen LogP contribution in [0.25, 0.3) is 0 Å². The van der Waals surface area contributed by atoms with Gasteiger partial charge in [-0.3, -0.25) is 4.79 Å². The number of halogens is 3. The normalized spacial score (nSPS) is 11.1. The largest absolute Gasteiger partial charge is 0.439 e. The average Bonchev–Trinajstić information content (AvgIpc) is 2.53. The smallest absolute Gasteiger partial charge is 0.237 e. The molecule has 0 spiro atoms. The summed E-state index contributed by atoms with van der Waals surface area (Å²) in [5.74, 6) is 0.400. The fourth-order valence-corrected chi connectivity index (χ4v) is 2.22. The Hall–Kier alpha value is -1.89. The molecule has 0 saturated heterocycles. The molecule has 1 aromatic carbocycles. The zero-order chi connectivity index (χ0) is 17.5. The molecular weight excluding hydrogens is 380 g/mol. The molecule has 0 bridgehead atoms. The third-order valence-corrected chi connectivity index (χ3v) is 3.38. The van der Waals surface area contributed by atoms with E-state index < -0.39 is 11.9 Å². The quantitative estimate of drug-likeness (QED) is 0.735. The fraction of sp³-hybridized carbons (Fsp3) is 0.333. The minimum absolute atomic E-state index is 0. The number of hydrogen-bond donors (Lipinski definition) is 2. The monoisotopic (exact) mass is 403 g/mol. The van der Waals surface area contributed by atoms with Crippen LogP contribution in [0, 0.1) is 11.7 Å². The van der Waals surface area contributed by atoms with Gasteiger partial charge in [0.05, 0.1) is 6.04 Å². The van der Waals surface area contributed by atoms with E-state index in [-0.39, 0.29) is 37.3 Å². The van der Waals surface area contributed by atoms with Gasteiger partial charge < -0.3 is 15.8 Å². The van der Waals surface area contributed by atoms with Gasteiger partial charge in [0.25, 0.3) is 0 Å². The van der Waals surface area contributed by atoms with Gasteiger partial charge in [0.15, 0.2) is 0 Å². The van der Waals surface area contributed by atoms with Gasteiger partial charge >= 0.3 is 0 Å². The standard InChI is InChI=1S/C18H22FN3O2.2ClH/c1-12(2)9-16(20)17(23)22-11-13-5-4-8-21-18(13)24-15-7-3-6-14(19)10-15;;/h3-8,10,12,16H,9,11,20H2,1-2H3,(H,22,23);2*1H/t16-;;/m0../s1. The van der Waals surface area contributed by atoms with Gasteiger partial charge in [-0.2, -0.15) is 0 Å². The molecule has 144 valence electrons. The maximum Gasteiger partial charge on any atom is 0.237 e. The number of pyridine rings is 1. The Bertz CT molecular complexity index is 702. The predicted molar refractivity (Wildman–Crippen MR) is 104 cm³/mol. The number of hydrogen-bond acceptors (Lipinski definition) is 4. The van der Waals surface area contributed by atoms with E-state index in [9.17, 15) is 9.18 Å². The lowest BCUT2D eigenvalue weighted by Gasteiger charge is -2.15. The summed E-state index contributed by atoms with van der Waals surface area (Å²) in [6, 6.07) is 8.79. The number of nitrogens with one attached hydrogen (secondary N) is 1. The number of nitrogens with zero attached hydrogens (tertiary/aromatic N) is 1. The molecule has 8 heteroatoms. The molecule has 2 aromatic rings. The van der Waals surface area contributed by atoms with Crippen LogP contribution in [0.5, 0.6) is 11.6 Å². The summed E-state index contributed by atoms with van der Waals surface area (Å²) in [4.78, 5) is 16.2. The maximum absolute atomic E-state index is 13.2. The molecule has 3 N–H and O–H groups in total. The highest BCUT2D eigenvalue weighted by atomic mass is 35.5. The van der Waals surface area contributed by atoms with Crippen molar-refractivity contribution >= 4 is 30.7 Å². The number of amides is 1. The molecule has 0 saturated carbocycles. The second-order valence-electron chi connectivity index (χ2n) is 5.98. The van der Waals surface area contributed by atoms with E-state index in [4.69, 9.17) is 10.5 Å². The second-order valence-corrected chi connectivity index (χ2v) is 5.98. The van der Waals surface area contributed by atoms with Gasteiger partial charge in [-0.1, -0.05) is 26.0 Å². The minimum Gasteiger partial charge on any atom is -0.439 e. The SMILES string of the molecule is CC(C)C[C@H](N)C(=O)NCc1cccnc1Oc1cccc(F)c1.Cl.Cl. The molecule has 26 heavy (non-hydrogen) atoms. The third-order valence-electron chi connectivity index (χ3n) is 3.38. The molecule has 1 heterocycles. The molecule has 0 aliphatic rings. The summed E-state index contributed by atoms with van der Waals surface area (Å²) in [7, 11) is 0. The summed E-state index contributed by atoms with van der Waals surface area (Å²) in [6.07, 6.45) is 2.19. The highest BCUT2D eigenvalue weighted by Crippen LogP contribution is 2.23. The highest BCUT2D eigenvalue weighted by molar-refractivity contribution is 5.85. The number of nitrogens with two attached hydrogens (primary N) is 1. The van der Waals surface area contributed by atoms with Gasteiger partial charge in [0.1, 0.15) is 11.6 Å². The third kappa shape index (κ3) is 7.56. The molecule has 0 unspecified atom stereocenters. The summed E-state index contributed by atoms with van der Waals surface area (Å²) in [6.45, 7) is 4.27. The van der Waals surface area contributed by atoms with Crippen molar-refractivity contribution in [2.45, 2.75) is 32.9 Å². The van der Waals surface area contributed by atoms with Crippen molar-refractivity contribution in [2.24, 2.45) is 11.7 Å². The topological polar surface area (TPSA) is 77.2 Å². The van der Waals surface area contributed by atoms with E-state index in [2.05, 4.69) is 10.3 Å². The Morgan fingerprint density at radius 3 is 2.65 bits per heavy atom. The molecule has 5 nitrogen and oxygen atoms in total. The molecule has 0 aliphatic carbocycles. The number of carbonyl (C=O) groups excluding carboxylic acids is 1. The van der Waals surface area contributed by atoms with E-state index in [1.54, 1.807) is 30.5 Å². The first-order valence-corrected chi connectivity index (χ1v) is 7.86. The lowest BCUT2D eigenvalue weighted by atomic mass is 10.0. The van der Waals surface area contributed by atoms with Crippen molar-refractivity contribution in [2.75, 3.05) is 0 Å². The molecule has 0 fully saturated rings. The minimum atomic E-state index is -0.547. The van der Waals surface area contributed by atoms with Crippen molar-refractivity contribution in [1.29, 1.82) is 0 Å². The van der Waals surface area contributed by atoms with Gasteiger partial charge in [-0.15, -0.1) is 24.8 Å². The maximum atomic E-state index is 13.2. The van der Waals surface area contributed by atoms with Crippen LogP contribution in [0.1, 0.15) is 25.8 Å². The Kier molecular flexibility index (Phi) is 10.8. The van der Waals surface area contributed by atoms with Gasteiger partial charge in [-0.25, -0.2) is 9.37 Å². The van der Waals surface area contributed by atoms with Crippen LogP contribution < -0.4 is 15.8 Å². The Morgan fingerprint density at radius 1 is 1.27 bits per heavy atom. The Labute approximate surface area is 165 Å². The molecule has 1 amide bonds. The summed E-state index contributed by atoms with van der Waals surface area (Å²) in [5.41, 5.74) is 6.55. The zero-order valence-electron chi connectivity index (χ0n) is 14.6. The number of rotatable bonds is 7. The lowest BCUT2D eigenvalue weighted by Crippen LogP contribution is -2.41. The van der Waals surface area contributed by atoms with Crippen LogP contribution in [0.3, 0.4) is 0 Å². The van der Waals surface area contributed by atoms with Crippen LogP contribution in [-0.2, 0) is 11.3 Å². The molecule has 2 rings (SSSR count). The zero-order valence-corrected chi connectivity index (χ0v) is 16.3. The van der Waals surface area contributed by atoms with Gasteiger partial charge in [0, 0.05) is 24.4 Å². The highest BCUT2D eigenvalue weighted by Gasteiger charge is 2.15. The fourth-order valence-electron chi connectivity index (χ4n) is 2.22. The van der Waals surface area contributed by atoms with E-state index in [1.807, 2.05) is 13.8 Å². The molecule has 0 radical (unpaired) electrons. The Morgan fingerprint density at radius 2 is 2.00 bits per heavy atom. The van der Waals surface area contributed by atoms with Crippen molar-refractivity contribution in [3.63, 3.8) is 0 Å². The first-order valence-electron chi connectivity index (χ1n) is 7.86. The average molecular weight is 404 g/mol. The molecular formula is C18H24Cl2FN3O2. The van der Waals surface area contributed by atoms with Gasteiger partial charge in [0.2, 0.25) is 11.8 Å². The molecule has 1 atom stereocenters. The van der Waals surface area contributed by atoms with Gasteiger partial charge in [-0.05, 0) is 30.5 Å². The van der Waals surface area contributed by atoms with Crippen LogP contribution in [0.2, 0.25) is 0 Å². The Balaban J connectivity index is 0.00000312. The van der Waals surface area contributed by atoms with E-state index in [0.717, 1.165) is 0 Å². The van der Waals surface area contributed by atoms with Crippen LogP contribution in [0.15, 0.2) is 42.6 Å². The number of benzene rings is 1. The predicted octanol–water partition coefficient (Wildman–Crippen LogP) is 3.85. The van der Waals surface area contributed by atoms with Crippen LogP contribution >= 0.6 is 24.8 Å². The van der Waals surface area contributed by atoms with Crippen LogP contribution in [-0.4, -0.2) is 16.9 Å². The van der Waals surface area contributed by atoms with Crippen molar-refractivity contribution in [3.05, 3.63) is 54.0 Å².